The van der Waals surface area contributed by atoms with Gasteiger partial charge < -0.3 is 5.73 Å². The van der Waals surface area contributed by atoms with Crippen molar-refractivity contribution < 1.29 is 4.79 Å². The predicted molar refractivity (Wildman–Crippen MR) is 62.1 cm³/mol. The highest BCUT2D eigenvalue weighted by atomic mass is 79.9. The molecule has 5 heteroatoms. The molecule has 0 aliphatic heterocycles. The molecule has 1 aromatic rings. The van der Waals surface area contributed by atoms with Gasteiger partial charge in [0.2, 0.25) is 5.91 Å². The second-order valence-electron chi connectivity index (χ2n) is 3.22. The summed E-state index contributed by atoms with van der Waals surface area (Å²) in [5.41, 5.74) is 5.21. The van der Waals surface area contributed by atoms with E-state index < -0.39 is 0 Å². The smallest absolute Gasteiger partial charge is 0.234 e. The summed E-state index contributed by atoms with van der Waals surface area (Å²) in [6, 6.07) is 1.82. The van der Waals surface area contributed by atoms with Crippen LogP contribution in [0.3, 0.4) is 0 Å². The van der Waals surface area contributed by atoms with Crippen molar-refractivity contribution in [3.05, 3.63) is 20.8 Å². The van der Waals surface area contributed by atoms with E-state index in [0.29, 0.717) is 0 Å². The van der Waals surface area contributed by atoms with Gasteiger partial charge in [-0.3, -0.25) is 9.69 Å². The van der Waals surface area contributed by atoms with Gasteiger partial charge >= 0.3 is 0 Å². The van der Waals surface area contributed by atoms with Crippen LogP contribution in [-0.4, -0.2) is 23.9 Å². The van der Waals surface area contributed by atoms with E-state index in [2.05, 4.69) is 22.0 Å². The summed E-state index contributed by atoms with van der Waals surface area (Å²) in [4.78, 5) is 14.1. The number of nitrogens with zero attached hydrogens (tertiary/aromatic N) is 1. The number of hydrogen-bond donors (Lipinski definition) is 1. The molecule has 1 heterocycles. The first-order chi connectivity index (χ1) is 6.50. The first-order valence-corrected chi connectivity index (χ1v) is 5.90. The zero-order chi connectivity index (χ0) is 10.7. The van der Waals surface area contributed by atoms with Gasteiger partial charge in [0.25, 0.3) is 0 Å². The summed E-state index contributed by atoms with van der Waals surface area (Å²) in [7, 11) is 1.89. The Morgan fingerprint density at radius 2 is 2.43 bits per heavy atom. The van der Waals surface area contributed by atoms with Crippen molar-refractivity contribution in [1.82, 2.24) is 4.90 Å². The summed E-state index contributed by atoms with van der Waals surface area (Å²) >= 11 is 5.05. The minimum absolute atomic E-state index is 0.226. The second kappa shape index (κ2) is 4.91. The normalized spacial score (nSPS) is 13.1. The number of primary amides is 1. The average Bonchev–Trinajstić information content (AvgIpc) is 2.49. The van der Waals surface area contributed by atoms with Gasteiger partial charge in [0.05, 0.1) is 6.04 Å². The van der Waals surface area contributed by atoms with E-state index in [9.17, 15) is 4.79 Å². The number of halogens is 1. The molecule has 0 aliphatic rings. The number of carbonyl (C=O) groups excluding carboxylic acids is 1. The lowest BCUT2D eigenvalue weighted by molar-refractivity contribution is -0.122. The van der Waals surface area contributed by atoms with E-state index >= 15 is 0 Å². The third-order valence-corrected chi connectivity index (χ3v) is 3.78. The van der Waals surface area contributed by atoms with Gasteiger partial charge in [-0.15, -0.1) is 11.3 Å². The van der Waals surface area contributed by atoms with Crippen LogP contribution < -0.4 is 5.73 Å². The first kappa shape index (κ1) is 11.7. The number of nitrogens with two attached hydrogens (primary N) is 1. The fourth-order valence-electron chi connectivity index (χ4n) is 1.04. The largest absolute Gasteiger partial charge is 0.368 e. The molecule has 0 radical (unpaired) electrons. The predicted octanol–water partition coefficient (Wildman–Crippen LogP) is 1.82. The van der Waals surface area contributed by atoms with E-state index in [4.69, 9.17) is 5.73 Å². The van der Waals surface area contributed by atoms with Crippen molar-refractivity contribution in [3.63, 3.8) is 0 Å². The van der Waals surface area contributed by atoms with Crippen molar-refractivity contribution in [2.75, 3.05) is 7.05 Å². The first-order valence-electron chi connectivity index (χ1n) is 4.23. The zero-order valence-corrected chi connectivity index (χ0v) is 10.6. The molecule has 0 saturated heterocycles. The monoisotopic (exact) mass is 276 g/mol. The molecule has 0 fully saturated rings. The maximum absolute atomic E-state index is 10.9. The number of carbonyl (C=O) groups is 1. The molecular weight excluding hydrogens is 264 g/mol. The van der Waals surface area contributed by atoms with E-state index in [1.165, 1.54) is 4.88 Å². The Hall–Kier alpha value is -0.390. The number of likely N-dealkylation sites (N-methyl/N-ethyl adjacent to an activating group) is 1. The fourth-order valence-corrected chi connectivity index (χ4v) is 2.55. The fraction of sp³-hybridized carbons (Fsp3) is 0.444. The Bertz CT molecular complexity index is 326. The molecule has 1 amide bonds. The highest BCUT2D eigenvalue weighted by molar-refractivity contribution is 9.10. The van der Waals surface area contributed by atoms with Crippen LogP contribution in [0.25, 0.3) is 0 Å². The summed E-state index contributed by atoms with van der Waals surface area (Å²) in [6.07, 6.45) is 0. The SMILES string of the molecule is C[C@@H](C(N)=O)N(C)Cc1cc(Br)cs1. The quantitative estimate of drug-likeness (QED) is 0.912. The Balaban J connectivity index is 2.56. The van der Waals surface area contributed by atoms with Crippen LogP contribution in [0.1, 0.15) is 11.8 Å². The standard InChI is InChI=1S/C9H13BrN2OS/c1-6(9(11)13)12(2)4-8-3-7(10)5-14-8/h3,5-6H,4H2,1-2H3,(H2,11,13)/t6-/m0/s1. The third-order valence-electron chi connectivity index (χ3n) is 2.10. The summed E-state index contributed by atoms with van der Waals surface area (Å²) in [6.45, 7) is 2.56. The molecule has 78 valence electrons. The lowest BCUT2D eigenvalue weighted by Crippen LogP contribution is -2.39. The maximum atomic E-state index is 10.9. The highest BCUT2D eigenvalue weighted by Gasteiger charge is 2.15. The second-order valence-corrected chi connectivity index (χ2v) is 5.14. The maximum Gasteiger partial charge on any atom is 0.234 e. The number of thiophene rings is 1. The molecule has 2 N–H and O–H groups in total. The molecule has 3 nitrogen and oxygen atoms in total. The number of amides is 1. The van der Waals surface area contributed by atoms with Crippen LogP contribution in [-0.2, 0) is 11.3 Å². The minimum Gasteiger partial charge on any atom is -0.368 e. The van der Waals surface area contributed by atoms with Gasteiger partial charge in [-0.1, -0.05) is 0 Å². The molecule has 0 spiro atoms. The molecule has 0 saturated carbocycles. The van der Waals surface area contributed by atoms with Gasteiger partial charge in [0, 0.05) is 21.3 Å². The van der Waals surface area contributed by atoms with Gasteiger partial charge in [0.15, 0.2) is 0 Å². The molecular formula is C9H13BrN2OS. The van der Waals surface area contributed by atoms with Crippen LogP contribution in [0, 0.1) is 0 Å². The zero-order valence-electron chi connectivity index (χ0n) is 8.16. The molecule has 0 bridgehead atoms. The van der Waals surface area contributed by atoms with Crippen LogP contribution in [0.5, 0.6) is 0 Å². The summed E-state index contributed by atoms with van der Waals surface area (Å²) < 4.78 is 1.08. The molecule has 1 aromatic heterocycles. The van der Waals surface area contributed by atoms with Gasteiger partial charge in [-0.2, -0.15) is 0 Å². The molecule has 1 atom stereocenters. The topological polar surface area (TPSA) is 46.3 Å². The van der Waals surface area contributed by atoms with Gasteiger partial charge in [0.1, 0.15) is 0 Å². The molecule has 1 rings (SSSR count). The van der Waals surface area contributed by atoms with Gasteiger partial charge in [-0.25, -0.2) is 0 Å². The average molecular weight is 277 g/mol. The van der Waals surface area contributed by atoms with Crippen LogP contribution >= 0.6 is 27.3 Å². The van der Waals surface area contributed by atoms with Crippen molar-refractivity contribution in [3.8, 4) is 0 Å². The highest BCUT2D eigenvalue weighted by Crippen LogP contribution is 2.21. The minimum atomic E-state index is -0.289. The molecule has 0 aliphatic carbocycles. The molecule has 0 aromatic carbocycles. The number of hydrogen-bond acceptors (Lipinski definition) is 3. The Kier molecular flexibility index (Phi) is 4.10. The lowest BCUT2D eigenvalue weighted by Gasteiger charge is -2.20. The van der Waals surface area contributed by atoms with Crippen LogP contribution in [0.4, 0.5) is 0 Å². The van der Waals surface area contributed by atoms with Crippen molar-refractivity contribution in [2.45, 2.75) is 19.5 Å². The van der Waals surface area contributed by atoms with Crippen LogP contribution in [0.2, 0.25) is 0 Å². The number of rotatable bonds is 4. The summed E-state index contributed by atoms with van der Waals surface area (Å²) in [5.74, 6) is -0.289. The van der Waals surface area contributed by atoms with Crippen molar-refractivity contribution >= 4 is 33.2 Å². The van der Waals surface area contributed by atoms with Crippen molar-refractivity contribution in [2.24, 2.45) is 5.73 Å². The van der Waals surface area contributed by atoms with E-state index in [-0.39, 0.29) is 11.9 Å². The van der Waals surface area contributed by atoms with Crippen LogP contribution in [0.15, 0.2) is 15.9 Å². The Labute approximate surface area is 96.0 Å². The molecule has 0 unspecified atom stereocenters. The molecule has 14 heavy (non-hydrogen) atoms. The van der Waals surface area contributed by atoms with E-state index in [1.807, 2.05) is 24.3 Å². The summed E-state index contributed by atoms with van der Waals surface area (Å²) in [5, 5.41) is 2.03. The lowest BCUT2D eigenvalue weighted by atomic mass is 10.3. The van der Waals surface area contributed by atoms with Crippen molar-refractivity contribution in [1.29, 1.82) is 0 Å². The third kappa shape index (κ3) is 3.08. The Morgan fingerprint density at radius 1 is 1.79 bits per heavy atom. The van der Waals surface area contributed by atoms with E-state index in [1.54, 1.807) is 11.3 Å². The van der Waals surface area contributed by atoms with E-state index in [0.717, 1.165) is 11.0 Å². The Morgan fingerprint density at radius 3 is 2.86 bits per heavy atom. The van der Waals surface area contributed by atoms with Gasteiger partial charge in [-0.05, 0) is 36.0 Å².